The minimum Gasteiger partial charge on any atom is -0.283 e. The van der Waals surface area contributed by atoms with E-state index in [0.717, 1.165) is 22.9 Å². The summed E-state index contributed by atoms with van der Waals surface area (Å²) in [4.78, 5) is 11.6. The number of aromatic nitrogens is 1. The highest BCUT2D eigenvalue weighted by Gasteiger charge is 2.31. The topological polar surface area (TPSA) is 22.0 Å². The van der Waals surface area contributed by atoms with E-state index in [-0.39, 0.29) is 0 Å². The number of halogens is 4. The number of nitrogens with zero attached hydrogens (tertiary/aromatic N) is 1. The summed E-state index contributed by atoms with van der Waals surface area (Å²) in [7, 11) is 0. The van der Waals surface area contributed by atoms with Gasteiger partial charge in [0.05, 0.1) is 11.3 Å². The Morgan fingerprint density at radius 1 is 1.06 bits per heavy atom. The van der Waals surface area contributed by atoms with Crippen LogP contribution in [0.4, 0.5) is 13.2 Å². The molecule has 0 aliphatic carbocycles. The van der Waals surface area contributed by atoms with Gasteiger partial charge in [0, 0.05) is 15.8 Å². The molecule has 0 saturated carbocycles. The van der Waals surface area contributed by atoms with Crippen LogP contribution in [0, 0.1) is 3.57 Å². The Kier molecular flexibility index (Phi) is 3.47. The molecule has 0 fully saturated rings. The number of para-hydroxylation sites is 1. The molecule has 18 heavy (non-hydrogen) atoms. The Morgan fingerprint density at radius 2 is 1.72 bits per heavy atom. The second-order valence-electron chi connectivity index (χ2n) is 3.58. The number of hydrogen-bond donors (Lipinski definition) is 0. The molecule has 6 heteroatoms. The maximum absolute atomic E-state index is 12.6. The van der Waals surface area contributed by atoms with Crippen molar-refractivity contribution in [1.82, 2.24) is 4.57 Å². The Labute approximate surface area is 114 Å². The Bertz CT molecular complexity index is 634. The average molecular weight is 365 g/mol. The standard InChI is InChI=1S/C12H7F3INO/c13-12(14,15)8-5-6-11(18)17(7-8)10-4-2-1-3-9(10)16/h1-7H. The van der Waals surface area contributed by atoms with E-state index in [1.807, 2.05) is 22.6 Å². The van der Waals surface area contributed by atoms with Gasteiger partial charge < -0.3 is 0 Å². The van der Waals surface area contributed by atoms with Crippen LogP contribution >= 0.6 is 22.6 Å². The van der Waals surface area contributed by atoms with E-state index < -0.39 is 17.3 Å². The van der Waals surface area contributed by atoms with Crippen molar-refractivity contribution in [2.75, 3.05) is 0 Å². The maximum Gasteiger partial charge on any atom is 0.417 e. The van der Waals surface area contributed by atoms with Crippen LogP contribution in [-0.2, 0) is 6.18 Å². The van der Waals surface area contributed by atoms with Crippen molar-refractivity contribution < 1.29 is 13.2 Å². The fourth-order valence-electron chi connectivity index (χ4n) is 1.49. The third-order valence-corrected chi connectivity index (χ3v) is 3.26. The first-order valence-corrected chi connectivity index (χ1v) is 6.02. The minimum atomic E-state index is -4.46. The van der Waals surface area contributed by atoms with Crippen LogP contribution in [0.3, 0.4) is 0 Å². The number of rotatable bonds is 1. The first-order valence-electron chi connectivity index (χ1n) is 4.94. The third-order valence-electron chi connectivity index (χ3n) is 2.35. The number of pyridine rings is 1. The van der Waals surface area contributed by atoms with Gasteiger partial charge in [-0.15, -0.1) is 0 Å². The highest BCUT2D eigenvalue weighted by molar-refractivity contribution is 14.1. The molecule has 0 aliphatic heterocycles. The minimum absolute atomic E-state index is 0.439. The van der Waals surface area contributed by atoms with Crippen molar-refractivity contribution in [3.05, 3.63) is 62.1 Å². The second kappa shape index (κ2) is 4.75. The van der Waals surface area contributed by atoms with Crippen molar-refractivity contribution in [2.45, 2.75) is 6.18 Å². The van der Waals surface area contributed by atoms with Gasteiger partial charge >= 0.3 is 6.18 Å². The van der Waals surface area contributed by atoms with Gasteiger partial charge in [-0.1, -0.05) is 12.1 Å². The summed E-state index contributed by atoms with van der Waals surface area (Å²) in [6.07, 6.45) is -3.64. The van der Waals surface area contributed by atoms with E-state index >= 15 is 0 Å². The van der Waals surface area contributed by atoms with Gasteiger partial charge in [-0.25, -0.2) is 0 Å². The van der Waals surface area contributed by atoms with E-state index in [1.165, 1.54) is 0 Å². The SMILES string of the molecule is O=c1ccc(C(F)(F)F)cn1-c1ccccc1I. The van der Waals surface area contributed by atoms with Gasteiger partial charge in [0.2, 0.25) is 0 Å². The lowest BCUT2D eigenvalue weighted by Crippen LogP contribution is -2.20. The van der Waals surface area contributed by atoms with Gasteiger partial charge in [-0.05, 0) is 40.8 Å². The van der Waals surface area contributed by atoms with Crippen LogP contribution < -0.4 is 5.56 Å². The number of alkyl halides is 3. The second-order valence-corrected chi connectivity index (χ2v) is 4.74. The van der Waals surface area contributed by atoms with Crippen molar-refractivity contribution in [1.29, 1.82) is 0 Å². The fraction of sp³-hybridized carbons (Fsp3) is 0.0833. The molecule has 0 spiro atoms. The summed E-state index contributed by atoms with van der Waals surface area (Å²) in [6.45, 7) is 0. The van der Waals surface area contributed by atoms with Crippen molar-refractivity contribution in [3.8, 4) is 5.69 Å². The summed E-state index contributed by atoms with van der Waals surface area (Å²) in [5, 5.41) is 0. The van der Waals surface area contributed by atoms with E-state index in [1.54, 1.807) is 24.3 Å². The lowest BCUT2D eigenvalue weighted by atomic mass is 10.2. The molecule has 94 valence electrons. The van der Waals surface area contributed by atoms with Gasteiger partial charge in [-0.2, -0.15) is 13.2 Å². The Balaban J connectivity index is 2.65. The van der Waals surface area contributed by atoms with Gasteiger partial charge in [0.1, 0.15) is 0 Å². The van der Waals surface area contributed by atoms with Crippen LogP contribution in [0.2, 0.25) is 0 Å². The molecule has 0 N–H and O–H groups in total. The number of benzene rings is 1. The molecule has 2 aromatic rings. The van der Waals surface area contributed by atoms with E-state index in [4.69, 9.17) is 0 Å². The average Bonchev–Trinajstić information content (AvgIpc) is 2.29. The van der Waals surface area contributed by atoms with Gasteiger partial charge in [0.15, 0.2) is 0 Å². The molecular weight excluding hydrogens is 358 g/mol. The first-order chi connectivity index (χ1) is 8.39. The zero-order valence-corrected chi connectivity index (χ0v) is 11.1. The molecular formula is C12H7F3INO. The Morgan fingerprint density at radius 3 is 2.33 bits per heavy atom. The summed E-state index contributed by atoms with van der Waals surface area (Å²) >= 11 is 1.97. The van der Waals surface area contributed by atoms with Gasteiger partial charge in [-0.3, -0.25) is 9.36 Å². The van der Waals surface area contributed by atoms with Crippen LogP contribution in [0.15, 0.2) is 47.4 Å². The zero-order chi connectivity index (χ0) is 13.3. The molecule has 0 aliphatic rings. The van der Waals surface area contributed by atoms with E-state index in [0.29, 0.717) is 9.26 Å². The summed E-state index contributed by atoms with van der Waals surface area (Å²) < 4.78 is 39.5. The molecule has 0 amide bonds. The lowest BCUT2D eigenvalue weighted by Gasteiger charge is -2.11. The molecule has 1 aromatic heterocycles. The van der Waals surface area contributed by atoms with E-state index in [9.17, 15) is 18.0 Å². The van der Waals surface area contributed by atoms with Crippen molar-refractivity contribution in [2.24, 2.45) is 0 Å². The van der Waals surface area contributed by atoms with Crippen LogP contribution in [0.5, 0.6) is 0 Å². The summed E-state index contributed by atoms with van der Waals surface area (Å²) in [5.41, 5.74) is -0.900. The van der Waals surface area contributed by atoms with Gasteiger partial charge in [0.25, 0.3) is 5.56 Å². The smallest absolute Gasteiger partial charge is 0.283 e. The highest BCUT2D eigenvalue weighted by atomic mass is 127. The molecule has 2 nitrogen and oxygen atoms in total. The molecule has 0 bridgehead atoms. The predicted molar refractivity (Wildman–Crippen MR) is 69.8 cm³/mol. The summed E-state index contributed by atoms with van der Waals surface area (Å²) in [6, 6.07) is 8.46. The molecule has 0 unspecified atom stereocenters. The van der Waals surface area contributed by atoms with Crippen LogP contribution in [0.25, 0.3) is 5.69 Å². The Hall–Kier alpha value is -1.31. The fourth-order valence-corrected chi connectivity index (χ4v) is 2.14. The molecule has 0 saturated heterocycles. The molecule has 0 radical (unpaired) electrons. The normalized spacial score (nSPS) is 11.6. The van der Waals surface area contributed by atoms with Crippen molar-refractivity contribution >= 4 is 22.6 Å². The maximum atomic E-state index is 12.6. The summed E-state index contributed by atoms with van der Waals surface area (Å²) in [5.74, 6) is 0. The van der Waals surface area contributed by atoms with Crippen LogP contribution in [0.1, 0.15) is 5.56 Å². The molecule has 2 rings (SSSR count). The lowest BCUT2D eigenvalue weighted by molar-refractivity contribution is -0.138. The highest BCUT2D eigenvalue weighted by Crippen LogP contribution is 2.28. The quantitative estimate of drug-likeness (QED) is 0.710. The largest absolute Gasteiger partial charge is 0.417 e. The number of hydrogen-bond acceptors (Lipinski definition) is 1. The monoisotopic (exact) mass is 365 g/mol. The van der Waals surface area contributed by atoms with E-state index in [2.05, 4.69) is 0 Å². The van der Waals surface area contributed by atoms with Crippen molar-refractivity contribution in [3.63, 3.8) is 0 Å². The molecule has 1 aromatic carbocycles. The third kappa shape index (κ3) is 2.58. The molecule has 0 atom stereocenters. The predicted octanol–water partition coefficient (Wildman–Crippen LogP) is 3.46. The molecule has 1 heterocycles. The first kappa shape index (κ1) is 13.1. The zero-order valence-electron chi connectivity index (χ0n) is 8.91. The van der Waals surface area contributed by atoms with Crippen LogP contribution in [-0.4, -0.2) is 4.57 Å².